The number of hydrogen-bond donors (Lipinski definition) is 1. The second kappa shape index (κ2) is 4.01. The van der Waals surface area contributed by atoms with Gasteiger partial charge in [0.2, 0.25) is 0 Å². The van der Waals surface area contributed by atoms with Gasteiger partial charge in [-0.3, -0.25) is 4.79 Å². The molecule has 0 aromatic carbocycles. The van der Waals surface area contributed by atoms with Crippen molar-refractivity contribution < 1.29 is 9.90 Å². The van der Waals surface area contributed by atoms with E-state index in [-0.39, 0.29) is 5.60 Å². The first-order valence-corrected chi connectivity index (χ1v) is 5.95. The van der Waals surface area contributed by atoms with Crippen molar-refractivity contribution in [2.75, 3.05) is 0 Å². The molecule has 0 unspecified atom stereocenters. The molecule has 2 aliphatic carbocycles. The maximum atomic E-state index is 11.3. The highest BCUT2D eigenvalue weighted by Gasteiger charge is 2.43. The van der Waals surface area contributed by atoms with E-state index in [1.807, 2.05) is 0 Å². The molecule has 0 heterocycles. The summed E-state index contributed by atoms with van der Waals surface area (Å²) in [6.07, 6.45) is 8.62. The van der Waals surface area contributed by atoms with Crippen molar-refractivity contribution in [3.05, 3.63) is 0 Å². The number of aliphatic hydroxyl groups is 1. The molecule has 1 N–H and O–H groups in total. The van der Waals surface area contributed by atoms with Crippen LogP contribution in [0, 0.1) is 5.92 Å². The molecule has 14 heavy (non-hydrogen) atoms. The molecule has 0 radical (unpaired) electrons. The Morgan fingerprint density at radius 1 is 1.07 bits per heavy atom. The quantitative estimate of drug-likeness (QED) is 0.646. The molecular formula is C12H20O2. The minimum atomic E-state index is -0.347. The standard InChI is InChI=1S/C12H20O2/c13-11-5-1-2-8-12(14)9-7-10(12)4-3-6-11/h10,14H,1-9H2/t10-,12-/m0/s1. The predicted octanol–water partition coefficient (Wildman–Crippen LogP) is 2.44. The Kier molecular flexibility index (Phi) is 2.91. The van der Waals surface area contributed by atoms with Gasteiger partial charge >= 0.3 is 0 Å². The Morgan fingerprint density at radius 2 is 1.86 bits per heavy atom. The van der Waals surface area contributed by atoms with E-state index in [1.165, 1.54) is 6.42 Å². The molecule has 2 saturated carbocycles. The number of ketones is 1. The molecular weight excluding hydrogens is 176 g/mol. The average molecular weight is 196 g/mol. The predicted molar refractivity (Wildman–Crippen MR) is 55.0 cm³/mol. The summed E-state index contributed by atoms with van der Waals surface area (Å²) in [7, 11) is 0. The summed E-state index contributed by atoms with van der Waals surface area (Å²) in [4.78, 5) is 11.3. The molecule has 0 saturated heterocycles. The maximum absolute atomic E-state index is 11.3. The third-order valence-corrected chi connectivity index (χ3v) is 4.01. The molecule has 0 aliphatic heterocycles. The third kappa shape index (κ3) is 2.00. The van der Waals surface area contributed by atoms with E-state index in [0.717, 1.165) is 51.4 Å². The number of Topliss-reactive ketones (excluding diaryl/α,β-unsaturated/α-hetero) is 1. The first-order chi connectivity index (χ1) is 6.71. The number of rotatable bonds is 0. The van der Waals surface area contributed by atoms with Gasteiger partial charge in [-0.25, -0.2) is 0 Å². The summed E-state index contributed by atoms with van der Waals surface area (Å²) in [6.45, 7) is 0. The molecule has 2 rings (SSSR count). The lowest BCUT2D eigenvalue weighted by Gasteiger charge is -2.46. The van der Waals surface area contributed by atoms with Gasteiger partial charge in [0.15, 0.2) is 0 Å². The summed E-state index contributed by atoms with van der Waals surface area (Å²) in [5.74, 6) is 0.920. The fourth-order valence-electron chi connectivity index (χ4n) is 2.85. The van der Waals surface area contributed by atoms with E-state index in [2.05, 4.69) is 0 Å². The van der Waals surface area contributed by atoms with E-state index >= 15 is 0 Å². The monoisotopic (exact) mass is 196 g/mol. The van der Waals surface area contributed by atoms with Crippen LogP contribution in [0.1, 0.15) is 57.8 Å². The van der Waals surface area contributed by atoms with Crippen molar-refractivity contribution in [1.29, 1.82) is 0 Å². The zero-order valence-corrected chi connectivity index (χ0v) is 8.80. The van der Waals surface area contributed by atoms with Crippen LogP contribution in [0.25, 0.3) is 0 Å². The van der Waals surface area contributed by atoms with Crippen LogP contribution >= 0.6 is 0 Å². The topological polar surface area (TPSA) is 37.3 Å². The molecule has 0 aromatic rings. The van der Waals surface area contributed by atoms with Crippen molar-refractivity contribution in [2.24, 2.45) is 5.92 Å². The molecule has 0 bridgehead atoms. The van der Waals surface area contributed by atoms with E-state index in [9.17, 15) is 9.90 Å². The van der Waals surface area contributed by atoms with Crippen LogP contribution in [-0.4, -0.2) is 16.5 Å². The number of fused-ring (bicyclic) bond motifs is 1. The zero-order valence-electron chi connectivity index (χ0n) is 8.80. The van der Waals surface area contributed by atoms with E-state index < -0.39 is 0 Å². The largest absolute Gasteiger partial charge is 0.390 e. The van der Waals surface area contributed by atoms with Crippen LogP contribution in [0.5, 0.6) is 0 Å². The van der Waals surface area contributed by atoms with Crippen molar-refractivity contribution in [1.82, 2.24) is 0 Å². The molecule has 0 aromatic heterocycles. The first-order valence-electron chi connectivity index (χ1n) is 5.95. The Bertz CT molecular complexity index is 224. The van der Waals surface area contributed by atoms with Crippen molar-refractivity contribution in [2.45, 2.75) is 63.4 Å². The normalized spacial score (nSPS) is 39.8. The summed E-state index contributed by atoms with van der Waals surface area (Å²) in [5, 5.41) is 10.2. The highest BCUT2D eigenvalue weighted by Crippen LogP contribution is 2.45. The lowest BCUT2D eigenvalue weighted by Crippen LogP contribution is -2.47. The van der Waals surface area contributed by atoms with Crippen molar-refractivity contribution >= 4 is 5.78 Å². The zero-order chi connectivity index (χ0) is 10.0. The molecule has 2 nitrogen and oxygen atoms in total. The molecule has 0 spiro atoms. The van der Waals surface area contributed by atoms with Gasteiger partial charge in [-0.05, 0) is 44.4 Å². The van der Waals surface area contributed by atoms with Crippen LogP contribution in [0.2, 0.25) is 0 Å². The highest BCUT2D eigenvalue weighted by molar-refractivity contribution is 5.78. The van der Waals surface area contributed by atoms with Crippen LogP contribution in [0.15, 0.2) is 0 Å². The maximum Gasteiger partial charge on any atom is 0.132 e. The van der Waals surface area contributed by atoms with E-state index in [1.54, 1.807) is 0 Å². The van der Waals surface area contributed by atoms with Crippen LogP contribution < -0.4 is 0 Å². The SMILES string of the molecule is O=C1CCCC[C@]2(O)CC[C@@H]2CCC1. The molecule has 2 atom stereocenters. The van der Waals surface area contributed by atoms with Gasteiger partial charge in [-0.15, -0.1) is 0 Å². The average Bonchev–Trinajstić information content (AvgIpc) is 2.16. The Labute approximate surface area is 85.7 Å². The van der Waals surface area contributed by atoms with Gasteiger partial charge in [0.25, 0.3) is 0 Å². The van der Waals surface area contributed by atoms with Gasteiger partial charge in [0.1, 0.15) is 5.78 Å². The van der Waals surface area contributed by atoms with Gasteiger partial charge < -0.3 is 5.11 Å². The Hall–Kier alpha value is -0.370. The van der Waals surface area contributed by atoms with Crippen molar-refractivity contribution in [3.8, 4) is 0 Å². The number of carbonyl (C=O) groups excluding carboxylic acids is 1. The van der Waals surface area contributed by atoms with Gasteiger partial charge in [0.05, 0.1) is 5.60 Å². The van der Waals surface area contributed by atoms with Crippen molar-refractivity contribution in [3.63, 3.8) is 0 Å². The molecule has 2 heteroatoms. The van der Waals surface area contributed by atoms with Gasteiger partial charge in [-0.1, -0.05) is 6.42 Å². The van der Waals surface area contributed by atoms with Crippen LogP contribution in [-0.2, 0) is 4.79 Å². The summed E-state index contributed by atoms with van der Waals surface area (Å²) in [6, 6.07) is 0. The molecule has 2 aliphatic rings. The lowest BCUT2D eigenvalue weighted by atomic mass is 9.64. The number of hydrogen-bond acceptors (Lipinski definition) is 2. The fraction of sp³-hybridized carbons (Fsp3) is 0.917. The second-order valence-corrected chi connectivity index (χ2v) is 4.98. The third-order valence-electron chi connectivity index (χ3n) is 4.01. The summed E-state index contributed by atoms with van der Waals surface area (Å²) < 4.78 is 0. The minimum absolute atomic E-state index is 0.347. The minimum Gasteiger partial charge on any atom is -0.390 e. The van der Waals surface area contributed by atoms with Gasteiger partial charge in [-0.2, -0.15) is 0 Å². The smallest absolute Gasteiger partial charge is 0.132 e. The first kappa shape index (κ1) is 10.2. The highest BCUT2D eigenvalue weighted by atomic mass is 16.3. The van der Waals surface area contributed by atoms with E-state index in [4.69, 9.17) is 0 Å². The fourth-order valence-corrected chi connectivity index (χ4v) is 2.85. The van der Waals surface area contributed by atoms with Crippen LogP contribution in [0.3, 0.4) is 0 Å². The molecule has 0 amide bonds. The summed E-state index contributed by atoms with van der Waals surface area (Å²) in [5.41, 5.74) is -0.347. The van der Waals surface area contributed by atoms with E-state index in [0.29, 0.717) is 11.7 Å². The van der Waals surface area contributed by atoms with Gasteiger partial charge in [0, 0.05) is 12.8 Å². The second-order valence-electron chi connectivity index (χ2n) is 4.98. The lowest BCUT2D eigenvalue weighted by molar-refractivity contribution is -0.123. The molecule has 2 fully saturated rings. The van der Waals surface area contributed by atoms with Crippen LogP contribution in [0.4, 0.5) is 0 Å². The Balaban J connectivity index is 1.91. The molecule has 80 valence electrons. The number of carbonyl (C=O) groups is 1. The summed E-state index contributed by atoms with van der Waals surface area (Å²) >= 11 is 0. The Morgan fingerprint density at radius 3 is 2.57 bits per heavy atom.